The van der Waals surface area contributed by atoms with Crippen LogP contribution in [0.4, 0.5) is 5.95 Å². The Morgan fingerprint density at radius 1 is 0.875 bits per heavy atom. The molecule has 2 fully saturated rings. The van der Waals surface area contributed by atoms with Crippen molar-refractivity contribution in [1.82, 2.24) is 29.8 Å². The quantitative estimate of drug-likeness (QED) is 0.615. The fraction of sp³-hybridized carbons (Fsp3) is 0.417. The van der Waals surface area contributed by atoms with E-state index in [1.54, 1.807) is 24.8 Å². The SMILES string of the molecule is O=C(CC1CCN(c2ncccn2)CC1)N1CCC[C@@H]1c1ccnc(-c2ccccn2)n1. The second-order valence-electron chi connectivity index (χ2n) is 8.45. The number of amides is 1. The Morgan fingerprint density at radius 3 is 2.47 bits per heavy atom. The van der Waals surface area contributed by atoms with Crippen LogP contribution in [0, 0.1) is 5.92 Å². The van der Waals surface area contributed by atoms with Crippen molar-refractivity contribution in [2.45, 2.75) is 38.1 Å². The minimum Gasteiger partial charge on any atom is -0.341 e. The highest BCUT2D eigenvalue weighted by atomic mass is 16.2. The van der Waals surface area contributed by atoms with E-state index in [-0.39, 0.29) is 11.9 Å². The lowest BCUT2D eigenvalue weighted by molar-refractivity contribution is -0.133. The first-order chi connectivity index (χ1) is 15.8. The first kappa shape index (κ1) is 20.5. The van der Waals surface area contributed by atoms with Crippen molar-refractivity contribution in [2.75, 3.05) is 24.5 Å². The number of carbonyl (C=O) groups is 1. The summed E-state index contributed by atoms with van der Waals surface area (Å²) < 4.78 is 0. The highest BCUT2D eigenvalue weighted by Crippen LogP contribution is 2.33. The molecule has 0 unspecified atom stereocenters. The van der Waals surface area contributed by atoms with E-state index in [0.29, 0.717) is 18.2 Å². The maximum Gasteiger partial charge on any atom is 0.225 e. The minimum atomic E-state index is 0.0192. The zero-order chi connectivity index (χ0) is 21.8. The molecule has 2 saturated heterocycles. The summed E-state index contributed by atoms with van der Waals surface area (Å²) in [6, 6.07) is 9.50. The smallest absolute Gasteiger partial charge is 0.225 e. The monoisotopic (exact) mass is 429 g/mol. The van der Waals surface area contributed by atoms with Crippen LogP contribution >= 0.6 is 0 Å². The summed E-state index contributed by atoms with van der Waals surface area (Å²) in [5.74, 6) is 2.03. The maximum absolute atomic E-state index is 13.2. The van der Waals surface area contributed by atoms with E-state index >= 15 is 0 Å². The van der Waals surface area contributed by atoms with Gasteiger partial charge in [0.1, 0.15) is 5.69 Å². The van der Waals surface area contributed by atoms with Crippen LogP contribution in [0.3, 0.4) is 0 Å². The molecule has 32 heavy (non-hydrogen) atoms. The van der Waals surface area contributed by atoms with E-state index in [1.807, 2.05) is 35.2 Å². The normalized spacial score (nSPS) is 19.3. The predicted octanol–water partition coefficient (Wildman–Crippen LogP) is 3.30. The summed E-state index contributed by atoms with van der Waals surface area (Å²) in [7, 11) is 0. The third kappa shape index (κ3) is 4.44. The van der Waals surface area contributed by atoms with E-state index in [9.17, 15) is 4.79 Å². The number of aromatic nitrogens is 5. The Labute approximate surface area is 187 Å². The molecule has 3 aromatic heterocycles. The van der Waals surface area contributed by atoms with Crippen molar-refractivity contribution in [3.63, 3.8) is 0 Å². The predicted molar refractivity (Wildman–Crippen MR) is 121 cm³/mol. The van der Waals surface area contributed by atoms with Crippen LogP contribution in [0.25, 0.3) is 11.5 Å². The minimum absolute atomic E-state index is 0.0192. The van der Waals surface area contributed by atoms with Crippen LogP contribution in [0.1, 0.15) is 43.8 Å². The highest BCUT2D eigenvalue weighted by molar-refractivity contribution is 5.77. The number of piperidine rings is 1. The Bertz CT molecular complexity index is 1040. The molecule has 2 aliphatic heterocycles. The summed E-state index contributed by atoms with van der Waals surface area (Å²) in [6.45, 7) is 2.58. The van der Waals surface area contributed by atoms with Crippen LogP contribution in [-0.2, 0) is 4.79 Å². The molecule has 164 valence electrons. The zero-order valence-corrected chi connectivity index (χ0v) is 18.0. The first-order valence-corrected chi connectivity index (χ1v) is 11.3. The van der Waals surface area contributed by atoms with Crippen molar-refractivity contribution in [2.24, 2.45) is 5.92 Å². The Hall–Kier alpha value is -3.42. The zero-order valence-electron chi connectivity index (χ0n) is 18.0. The number of nitrogens with zero attached hydrogens (tertiary/aromatic N) is 7. The number of hydrogen-bond donors (Lipinski definition) is 0. The van der Waals surface area contributed by atoms with Gasteiger partial charge in [-0.1, -0.05) is 6.07 Å². The topological polar surface area (TPSA) is 88.0 Å². The Kier molecular flexibility index (Phi) is 6.00. The largest absolute Gasteiger partial charge is 0.341 e. The molecule has 0 aromatic carbocycles. The third-order valence-electron chi connectivity index (χ3n) is 6.40. The number of likely N-dealkylation sites (tertiary alicyclic amines) is 1. The summed E-state index contributed by atoms with van der Waals surface area (Å²) in [6.07, 6.45) is 11.6. The average molecular weight is 430 g/mol. The van der Waals surface area contributed by atoms with Gasteiger partial charge in [0, 0.05) is 50.8 Å². The van der Waals surface area contributed by atoms with Gasteiger partial charge < -0.3 is 9.80 Å². The lowest BCUT2D eigenvalue weighted by Crippen LogP contribution is -2.38. The number of rotatable bonds is 5. The van der Waals surface area contributed by atoms with Gasteiger partial charge in [-0.2, -0.15) is 0 Å². The molecule has 0 N–H and O–H groups in total. The summed E-state index contributed by atoms with van der Waals surface area (Å²) in [5, 5.41) is 0. The average Bonchev–Trinajstić information content (AvgIpc) is 3.36. The van der Waals surface area contributed by atoms with Gasteiger partial charge in [0.2, 0.25) is 11.9 Å². The molecule has 8 heteroatoms. The fourth-order valence-electron chi connectivity index (χ4n) is 4.71. The van der Waals surface area contributed by atoms with Gasteiger partial charge in [0.05, 0.1) is 11.7 Å². The van der Waals surface area contributed by atoms with Crippen LogP contribution < -0.4 is 4.90 Å². The van der Waals surface area contributed by atoms with Crippen molar-refractivity contribution in [3.8, 4) is 11.5 Å². The fourth-order valence-corrected chi connectivity index (χ4v) is 4.71. The van der Waals surface area contributed by atoms with Gasteiger partial charge in [-0.15, -0.1) is 0 Å². The van der Waals surface area contributed by atoms with E-state index in [1.165, 1.54) is 0 Å². The van der Waals surface area contributed by atoms with E-state index in [2.05, 4.69) is 24.8 Å². The molecule has 0 bridgehead atoms. The second kappa shape index (κ2) is 9.38. The Morgan fingerprint density at radius 2 is 1.69 bits per heavy atom. The first-order valence-electron chi connectivity index (χ1n) is 11.3. The molecule has 5 rings (SSSR count). The number of carbonyl (C=O) groups excluding carboxylic acids is 1. The molecule has 1 amide bonds. The van der Waals surface area contributed by atoms with Crippen LogP contribution in [0.15, 0.2) is 55.1 Å². The van der Waals surface area contributed by atoms with Gasteiger partial charge in [-0.3, -0.25) is 9.78 Å². The molecular formula is C24H27N7O. The van der Waals surface area contributed by atoms with Crippen molar-refractivity contribution >= 4 is 11.9 Å². The van der Waals surface area contributed by atoms with Crippen LogP contribution in [0.5, 0.6) is 0 Å². The molecule has 0 radical (unpaired) electrons. The Balaban J connectivity index is 1.22. The van der Waals surface area contributed by atoms with Crippen molar-refractivity contribution in [3.05, 3.63) is 60.8 Å². The maximum atomic E-state index is 13.2. The molecule has 3 aromatic rings. The van der Waals surface area contributed by atoms with E-state index in [4.69, 9.17) is 4.98 Å². The van der Waals surface area contributed by atoms with E-state index in [0.717, 1.165) is 62.7 Å². The van der Waals surface area contributed by atoms with Crippen LogP contribution in [-0.4, -0.2) is 55.4 Å². The second-order valence-corrected chi connectivity index (χ2v) is 8.45. The van der Waals surface area contributed by atoms with Gasteiger partial charge in [0.25, 0.3) is 0 Å². The molecular weight excluding hydrogens is 402 g/mol. The summed E-state index contributed by atoms with van der Waals surface area (Å²) in [5.41, 5.74) is 1.65. The highest BCUT2D eigenvalue weighted by Gasteiger charge is 2.33. The lowest BCUT2D eigenvalue weighted by atomic mass is 9.93. The molecule has 1 atom stereocenters. The summed E-state index contributed by atoms with van der Waals surface area (Å²) >= 11 is 0. The number of hydrogen-bond acceptors (Lipinski definition) is 7. The van der Waals surface area contributed by atoms with Gasteiger partial charge in [-0.25, -0.2) is 19.9 Å². The van der Waals surface area contributed by atoms with E-state index < -0.39 is 0 Å². The number of anilines is 1. The molecule has 0 aliphatic carbocycles. The van der Waals surface area contributed by atoms with Gasteiger partial charge in [0.15, 0.2) is 5.82 Å². The lowest BCUT2D eigenvalue weighted by Gasteiger charge is -2.33. The molecule has 0 saturated carbocycles. The molecule has 5 heterocycles. The van der Waals surface area contributed by atoms with Crippen LogP contribution in [0.2, 0.25) is 0 Å². The standard InChI is InChI=1S/C24H27N7O/c32-22(17-18-8-15-30(16-9-18)24-27-11-4-12-28-24)31-14-3-6-21(31)19-7-13-26-23(29-19)20-5-1-2-10-25-20/h1-2,4-5,7,10-13,18,21H,3,6,8-9,14-17H2/t21-/m1/s1. The van der Waals surface area contributed by atoms with Gasteiger partial charge in [-0.05, 0) is 55.9 Å². The van der Waals surface area contributed by atoms with Crippen molar-refractivity contribution < 1.29 is 4.79 Å². The summed E-state index contributed by atoms with van der Waals surface area (Å²) in [4.78, 5) is 39.7. The number of pyridine rings is 1. The van der Waals surface area contributed by atoms with Gasteiger partial charge >= 0.3 is 0 Å². The molecule has 2 aliphatic rings. The molecule has 8 nitrogen and oxygen atoms in total. The third-order valence-corrected chi connectivity index (χ3v) is 6.40. The molecule has 0 spiro atoms. The van der Waals surface area contributed by atoms with Crippen molar-refractivity contribution in [1.29, 1.82) is 0 Å².